The van der Waals surface area contributed by atoms with Crippen LogP contribution >= 0.6 is 0 Å². The number of hydrogen-bond donors (Lipinski definition) is 0. The summed E-state index contributed by atoms with van der Waals surface area (Å²) in [7, 11) is 0. The number of ether oxygens (including phenoxy) is 1. The molecule has 5 rings (SSSR count). The average molecular weight is 505 g/mol. The summed E-state index contributed by atoms with van der Waals surface area (Å²) < 4.78 is 20.1. The highest BCUT2D eigenvalue weighted by molar-refractivity contribution is 5.81. The van der Waals surface area contributed by atoms with E-state index in [0.717, 1.165) is 18.5 Å². The lowest BCUT2D eigenvalue weighted by Gasteiger charge is -2.46. The van der Waals surface area contributed by atoms with E-state index in [1.54, 1.807) is 37.9 Å². The van der Waals surface area contributed by atoms with Crippen molar-refractivity contribution >= 4 is 24.3 Å². The van der Waals surface area contributed by atoms with Crippen LogP contribution < -0.4 is 4.90 Å². The molecular formula is C26H29FN8O2. The van der Waals surface area contributed by atoms with Crippen molar-refractivity contribution in [2.75, 3.05) is 37.7 Å². The summed E-state index contributed by atoms with van der Waals surface area (Å²) >= 11 is 0. The molecule has 2 fully saturated rings. The van der Waals surface area contributed by atoms with Crippen LogP contribution in [0.3, 0.4) is 0 Å². The predicted molar refractivity (Wildman–Crippen MR) is 136 cm³/mol. The van der Waals surface area contributed by atoms with Gasteiger partial charge < -0.3 is 14.5 Å². The number of nitrogens with zero attached hydrogens (tertiary/aromatic N) is 8. The van der Waals surface area contributed by atoms with Crippen LogP contribution in [0.4, 0.5) is 10.2 Å². The number of morpholine rings is 1. The number of rotatable bonds is 4. The van der Waals surface area contributed by atoms with Crippen LogP contribution in [0.5, 0.6) is 0 Å². The van der Waals surface area contributed by atoms with Crippen molar-refractivity contribution in [2.45, 2.75) is 44.9 Å². The second kappa shape index (κ2) is 10.7. The zero-order valence-corrected chi connectivity index (χ0v) is 20.9. The molecule has 0 spiro atoms. The minimum Gasteiger partial charge on any atom is -0.370 e. The maximum Gasteiger partial charge on any atom is 0.228 e. The number of benzene rings is 1. The van der Waals surface area contributed by atoms with Crippen LogP contribution in [0, 0.1) is 24.1 Å². The highest BCUT2D eigenvalue weighted by atomic mass is 19.1. The molecule has 2 saturated heterocycles. The van der Waals surface area contributed by atoms with Crippen LogP contribution in [0.15, 0.2) is 34.7 Å². The second-order valence-corrected chi connectivity index (χ2v) is 9.62. The van der Waals surface area contributed by atoms with E-state index in [0.29, 0.717) is 43.3 Å². The van der Waals surface area contributed by atoms with E-state index in [2.05, 4.69) is 32.0 Å². The molecule has 0 aliphatic carbocycles. The van der Waals surface area contributed by atoms with Gasteiger partial charge in [0.25, 0.3) is 0 Å². The van der Waals surface area contributed by atoms with E-state index in [1.807, 2.05) is 15.9 Å². The van der Waals surface area contributed by atoms with Crippen molar-refractivity contribution in [3.8, 4) is 6.07 Å². The smallest absolute Gasteiger partial charge is 0.228 e. The summed E-state index contributed by atoms with van der Waals surface area (Å²) in [6.07, 6.45) is 7.42. The maximum absolute atomic E-state index is 13.9. The van der Waals surface area contributed by atoms with E-state index in [4.69, 9.17) is 4.74 Å². The maximum atomic E-state index is 13.9. The number of hydrogen-bond acceptors (Lipinski definition) is 9. The summed E-state index contributed by atoms with van der Waals surface area (Å²) in [5.74, 6) is 0.164. The number of aromatic nitrogens is 2. The normalized spacial score (nSPS) is 23.9. The third kappa shape index (κ3) is 5.21. The zero-order valence-electron chi connectivity index (χ0n) is 20.9. The fourth-order valence-corrected chi connectivity index (χ4v) is 5.06. The number of nitriles is 1. The molecule has 0 bridgehead atoms. The molecule has 3 unspecified atom stereocenters. The van der Waals surface area contributed by atoms with Gasteiger partial charge in [-0.1, -0.05) is 6.07 Å². The predicted octanol–water partition coefficient (Wildman–Crippen LogP) is 2.24. The molecule has 1 aromatic carbocycles. The number of halogens is 1. The average Bonchev–Trinajstić information content (AvgIpc) is 3.13. The third-order valence-corrected chi connectivity index (χ3v) is 7.30. The number of anilines is 1. The molecule has 0 saturated carbocycles. The van der Waals surface area contributed by atoms with Gasteiger partial charge in [0.2, 0.25) is 5.91 Å². The number of amides is 1. The van der Waals surface area contributed by atoms with Gasteiger partial charge in [-0.15, -0.1) is 5.10 Å². The fraction of sp³-hybridized carbons (Fsp3) is 0.462. The Balaban J connectivity index is 1.17. The van der Waals surface area contributed by atoms with Gasteiger partial charge in [-0.3, -0.25) is 14.7 Å². The van der Waals surface area contributed by atoms with Gasteiger partial charge in [-0.05, 0) is 31.0 Å². The summed E-state index contributed by atoms with van der Waals surface area (Å²) in [5, 5.41) is 17.2. The standard InChI is InChI=1S/C26H29FN8O2/c1-17-5-6-31-32-16-35(17)25-12-29-19(11-30-25)9-26(36)34-8-7-33-14-24(37-15-20(33)13-34)21-3-4-23(27)22(10-28)18(21)2/h3-4,6,11-12,16-17,20,24H,5,7-9,13-15H2,1-2H3. The van der Waals surface area contributed by atoms with Crippen molar-refractivity contribution < 1.29 is 13.9 Å². The Hall–Kier alpha value is -3.75. The second-order valence-electron chi connectivity index (χ2n) is 9.62. The molecule has 3 aliphatic heterocycles. The quantitative estimate of drug-likeness (QED) is 0.628. The first-order valence-electron chi connectivity index (χ1n) is 12.4. The Morgan fingerprint density at radius 3 is 2.86 bits per heavy atom. The lowest BCUT2D eigenvalue weighted by atomic mass is 9.96. The van der Waals surface area contributed by atoms with Gasteiger partial charge in [0.05, 0.1) is 48.8 Å². The largest absolute Gasteiger partial charge is 0.370 e. The molecule has 37 heavy (non-hydrogen) atoms. The van der Waals surface area contributed by atoms with Crippen LogP contribution in [-0.4, -0.2) is 83.1 Å². The van der Waals surface area contributed by atoms with Crippen LogP contribution in [-0.2, 0) is 16.0 Å². The SMILES string of the molecule is Cc1c(C2CN3CCN(C(=O)Cc4cnc(N5C=NN=CCC5C)cn4)CC3CO2)ccc(F)c1C#N. The van der Waals surface area contributed by atoms with Crippen molar-refractivity contribution in [1.29, 1.82) is 5.26 Å². The fourth-order valence-electron chi connectivity index (χ4n) is 5.06. The van der Waals surface area contributed by atoms with Gasteiger partial charge in [0.15, 0.2) is 5.82 Å². The molecular weight excluding hydrogens is 475 g/mol. The molecule has 2 aromatic rings. The zero-order chi connectivity index (χ0) is 25.9. The number of fused-ring (bicyclic) bond motifs is 1. The van der Waals surface area contributed by atoms with Gasteiger partial charge in [0, 0.05) is 44.9 Å². The van der Waals surface area contributed by atoms with Gasteiger partial charge in [-0.2, -0.15) is 10.4 Å². The first-order chi connectivity index (χ1) is 17.9. The number of carbonyl (C=O) groups is 1. The molecule has 3 aliphatic rings. The first-order valence-corrected chi connectivity index (χ1v) is 12.4. The van der Waals surface area contributed by atoms with Crippen molar-refractivity contribution in [2.24, 2.45) is 10.2 Å². The van der Waals surface area contributed by atoms with Crippen molar-refractivity contribution in [3.63, 3.8) is 0 Å². The minimum atomic E-state index is -0.510. The number of carbonyl (C=O) groups excluding carboxylic acids is 1. The molecule has 11 heteroatoms. The minimum absolute atomic E-state index is 0.00923. The van der Waals surface area contributed by atoms with Gasteiger partial charge in [-0.25, -0.2) is 9.37 Å². The summed E-state index contributed by atoms with van der Waals surface area (Å²) in [4.78, 5) is 28.1. The molecule has 10 nitrogen and oxygen atoms in total. The topological polar surface area (TPSA) is 110 Å². The Labute approximate surface area is 215 Å². The Bertz CT molecular complexity index is 1260. The third-order valence-electron chi connectivity index (χ3n) is 7.30. The lowest BCUT2D eigenvalue weighted by molar-refractivity contribution is -0.139. The van der Waals surface area contributed by atoms with Gasteiger partial charge in [0.1, 0.15) is 18.2 Å². The summed E-state index contributed by atoms with van der Waals surface area (Å²) in [5.41, 5.74) is 2.15. The molecule has 192 valence electrons. The summed E-state index contributed by atoms with van der Waals surface area (Å²) in [6, 6.07) is 5.23. The van der Waals surface area contributed by atoms with Gasteiger partial charge >= 0.3 is 0 Å². The molecule has 0 N–H and O–H groups in total. The van der Waals surface area contributed by atoms with E-state index in [9.17, 15) is 14.4 Å². The van der Waals surface area contributed by atoms with E-state index >= 15 is 0 Å². The molecule has 4 heterocycles. The van der Waals surface area contributed by atoms with E-state index in [1.165, 1.54) is 6.07 Å². The molecule has 1 amide bonds. The molecule has 0 radical (unpaired) electrons. The highest BCUT2D eigenvalue weighted by Crippen LogP contribution is 2.31. The highest BCUT2D eigenvalue weighted by Gasteiger charge is 2.36. The monoisotopic (exact) mass is 504 g/mol. The van der Waals surface area contributed by atoms with E-state index in [-0.39, 0.29) is 36.1 Å². The van der Waals surface area contributed by atoms with Crippen molar-refractivity contribution in [1.82, 2.24) is 19.8 Å². The van der Waals surface area contributed by atoms with E-state index < -0.39 is 5.82 Å². The van der Waals surface area contributed by atoms with Crippen molar-refractivity contribution in [3.05, 3.63) is 52.7 Å². The molecule has 1 aromatic heterocycles. The summed E-state index contributed by atoms with van der Waals surface area (Å²) in [6.45, 7) is 6.83. The number of piperazine rings is 1. The lowest BCUT2D eigenvalue weighted by Crippen LogP contribution is -2.59. The molecule has 3 atom stereocenters. The Morgan fingerprint density at radius 1 is 1.22 bits per heavy atom. The van der Waals surface area contributed by atoms with Crippen LogP contribution in [0.25, 0.3) is 0 Å². The Kier molecular flexibility index (Phi) is 7.21. The first kappa shape index (κ1) is 24.9. The Morgan fingerprint density at radius 2 is 2.08 bits per heavy atom. The van der Waals surface area contributed by atoms with Crippen LogP contribution in [0.2, 0.25) is 0 Å². The van der Waals surface area contributed by atoms with Crippen LogP contribution in [0.1, 0.15) is 41.8 Å².